The Hall–Kier alpha value is -3.37. The topological polar surface area (TPSA) is 38.7 Å². The average molecular weight is 508 g/mol. The number of carbonyl (C=O) groups excluding carboxylic acids is 1. The zero-order valence-corrected chi connectivity index (χ0v) is 23.0. The lowest BCUT2D eigenvalue weighted by Crippen LogP contribution is -2.19. The average Bonchev–Trinajstić information content (AvgIpc) is 3.11. The molecule has 37 heavy (non-hydrogen) atoms. The van der Waals surface area contributed by atoms with Gasteiger partial charge in [-0.2, -0.15) is 0 Å². The van der Waals surface area contributed by atoms with Gasteiger partial charge in [0.1, 0.15) is 11.8 Å². The Morgan fingerprint density at radius 2 is 1.51 bits per heavy atom. The summed E-state index contributed by atoms with van der Waals surface area (Å²) in [7, 11) is 0. The van der Waals surface area contributed by atoms with Crippen molar-refractivity contribution in [2.45, 2.75) is 68.8 Å². The van der Waals surface area contributed by atoms with Crippen molar-refractivity contribution in [2.75, 3.05) is 0 Å². The largest absolute Gasteiger partial charge is 0.393 e. The highest BCUT2D eigenvalue weighted by atomic mass is 32.2. The Morgan fingerprint density at radius 3 is 2.24 bits per heavy atom. The van der Waals surface area contributed by atoms with Crippen LogP contribution in [0, 0.1) is 0 Å². The number of fused-ring (bicyclic) bond motifs is 4. The van der Waals surface area contributed by atoms with Gasteiger partial charge in [-0.1, -0.05) is 92.6 Å². The highest BCUT2D eigenvalue weighted by Crippen LogP contribution is 2.50. The van der Waals surface area contributed by atoms with E-state index in [1.807, 2.05) is 26.8 Å². The van der Waals surface area contributed by atoms with Gasteiger partial charge in [-0.15, -0.1) is 0 Å². The number of carbonyl (C=O) groups is 1. The zero-order valence-electron chi connectivity index (χ0n) is 22.2. The van der Waals surface area contributed by atoms with Crippen molar-refractivity contribution in [1.29, 1.82) is 0 Å². The predicted octanol–water partition coefficient (Wildman–Crippen LogP) is 9.06. The normalized spacial score (nSPS) is 14.1. The second-order valence-electron chi connectivity index (χ2n) is 10.5. The smallest absolute Gasteiger partial charge is 0.210 e. The second-order valence-corrected chi connectivity index (χ2v) is 11.6. The number of rotatable bonds is 8. The molecule has 0 N–H and O–H groups in total. The molecule has 0 atom stereocenters. The summed E-state index contributed by atoms with van der Waals surface area (Å²) in [6.07, 6.45) is 1.38. The van der Waals surface area contributed by atoms with Gasteiger partial charge in [-0.25, -0.2) is 0 Å². The maximum Gasteiger partial charge on any atom is 0.210 e. The van der Waals surface area contributed by atoms with Gasteiger partial charge in [0.2, 0.25) is 5.78 Å². The molecule has 0 heterocycles. The molecule has 5 rings (SSSR count). The van der Waals surface area contributed by atoms with Crippen molar-refractivity contribution in [3.8, 4) is 11.1 Å². The van der Waals surface area contributed by atoms with Crippen molar-refractivity contribution in [3.63, 3.8) is 0 Å². The van der Waals surface area contributed by atoms with E-state index >= 15 is 0 Å². The molecule has 0 aliphatic heterocycles. The Morgan fingerprint density at radius 1 is 0.865 bits per heavy atom. The summed E-state index contributed by atoms with van der Waals surface area (Å²) in [5, 5.41) is 6.70. The number of ketones is 1. The van der Waals surface area contributed by atoms with Crippen LogP contribution in [0.25, 0.3) is 21.9 Å². The molecular weight excluding hydrogens is 474 g/mol. The number of Topliss-reactive ketones (excluding diaryl/α,β-unsaturated/α-hetero) is 1. The van der Waals surface area contributed by atoms with Crippen LogP contribution in [0.1, 0.15) is 68.9 Å². The van der Waals surface area contributed by atoms with Gasteiger partial charge in [0, 0.05) is 20.8 Å². The van der Waals surface area contributed by atoms with Crippen molar-refractivity contribution < 1.29 is 9.63 Å². The van der Waals surface area contributed by atoms with Crippen LogP contribution in [0.2, 0.25) is 0 Å². The van der Waals surface area contributed by atoms with Crippen LogP contribution >= 0.6 is 11.8 Å². The summed E-state index contributed by atoms with van der Waals surface area (Å²) in [5.74, 6) is -0.0513. The third kappa shape index (κ3) is 4.95. The maximum atomic E-state index is 13.4. The quantitative estimate of drug-likeness (QED) is 0.136. The monoisotopic (exact) mass is 507 g/mol. The fraction of sp³-hybridized carbons (Fsp3) is 0.273. The molecule has 1 aliphatic rings. The van der Waals surface area contributed by atoms with E-state index in [-0.39, 0.29) is 17.3 Å². The molecular formula is C33H33NO2S. The van der Waals surface area contributed by atoms with Crippen molar-refractivity contribution in [1.82, 2.24) is 0 Å². The molecule has 4 heteroatoms. The van der Waals surface area contributed by atoms with Crippen LogP contribution < -0.4 is 0 Å². The van der Waals surface area contributed by atoms with E-state index in [0.29, 0.717) is 17.7 Å². The summed E-state index contributed by atoms with van der Waals surface area (Å²) in [6.45, 7) is 10.4. The predicted molar refractivity (Wildman–Crippen MR) is 155 cm³/mol. The Bertz CT molecular complexity index is 1520. The van der Waals surface area contributed by atoms with E-state index < -0.39 is 0 Å². The van der Waals surface area contributed by atoms with E-state index in [4.69, 9.17) is 4.84 Å². The Balaban J connectivity index is 1.45. The first kappa shape index (κ1) is 25.3. The van der Waals surface area contributed by atoms with E-state index in [1.165, 1.54) is 42.8 Å². The van der Waals surface area contributed by atoms with Crippen LogP contribution in [-0.4, -0.2) is 17.6 Å². The summed E-state index contributed by atoms with van der Waals surface area (Å²) < 4.78 is 0. The summed E-state index contributed by atoms with van der Waals surface area (Å²) in [6, 6.07) is 27.9. The van der Waals surface area contributed by atoms with Gasteiger partial charge in [0.15, 0.2) is 0 Å². The van der Waals surface area contributed by atoms with Gasteiger partial charge < -0.3 is 4.84 Å². The SMILES string of the molecule is CCC/C(=N\OC(C)C)C(=O)c1ccc2c(c1)C(C)(C)c1cc(Sc3ccc4ccccc4c3)ccc1-2. The van der Waals surface area contributed by atoms with Crippen LogP contribution in [0.15, 0.2) is 93.8 Å². The summed E-state index contributed by atoms with van der Waals surface area (Å²) in [4.78, 5) is 21.2. The van der Waals surface area contributed by atoms with Crippen molar-refractivity contribution >= 4 is 34.0 Å². The molecule has 0 bridgehead atoms. The van der Waals surface area contributed by atoms with Crippen LogP contribution in [0.4, 0.5) is 0 Å². The van der Waals surface area contributed by atoms with Gasteiger partial charge >= 0.3 is 0 Å². The molecule has 0 unspecified atom stereocenters. The van der Waals surface area contributed by atoms with Crippen LogP contribution in [0.5, 0.6) is 0 Å². The molecule has 3 nitrogen and oxygen atoms in total. The fourth-order valence-electron chi connectivity index (χ4n) is 5.06. The number of oxime groups is 1. The van der Waals surface area contributed by atoms with E-state index in [9.17, 15) is 4.79 Å². The van der Waals surface area contributed by atoms with E-state index in [2.05, 4.69) is 91.8 Å². The number of benzene rings is 4. The fourth-order valence-corrected chi connectivity index (χ4v) is 5.97. The minimum Gasteiger partial charge on any atom is -0.393 e. The van der Waals surface area contributed by atoms with Crippen molar-refractivity contribution in [2.24, 2.45) is 5.16 Å². The highest BCUT2D eigenvalue weighted by molar-refractivity contribution is 7.99. The lowest BCUT2D eigenvalue weighted by molar-refractivity contribution is 0.0828. The minimum atomic E-state index is -0.211. The molecule has 4 aromatic rings. The van der Waals surface area contributed by atoms with E-state index in [1.54, 1.807) is 11.8 Å². The van der Waals surface area contributed by atoms with Gasteiger partial charge in [0.05, 0.1) is 0 Å². The summed E-state index contributed by atoms with van der Waals surface area (Å²) in [5.41, 5.74) is 5.87. The maximum absolute atomic E-state index is 13.4. The van der Waals surface area contributed by atoms with E-state index in [0.717, 1.165) is 6.42 Å². The first-order valence-corrected chi connectivity index (χ1v) is 13.8. The van der Waals surface area contributed by atoms with Gasteiger partial charge in [0.25, 0.3) is 0 Å². The third-order valence-electron chi connectivity index (χ3n) is 6.99. The molecule has 0 amide bonds. The number of nitrogens with zero attached hydrogens (tertiary/aromatic N) is 1. The van der Waals surface area contributed by atoms with Crippen LogP contribution in [-0.2, 0) is 10.3 Å². The molecule has 0 radical (unpaired) electrons. The first-order valence-electron chi connectivity index (χ1n) is 13.0. The molecule has 0 fully saturated rings. The van der Waals surface area contributed by atoms with Gasteiger partial charge in [-0.3, -0.25) is 4.79 Å². The number of hydrogen-bond acceptors (Lipinski definition) is 4. The molecule has 0 spiro atoms. The standard InChI is InChI=1S/C33H33NO2S/c1-6-9-31(34-36-21(2)3)32(35)24-13-16-27-28-17-15-26(20-30(28)33(4,5)29(27)19-24)37-25-14-12-22-10-7-8-11-23(22)18-25/h7-8,10-21H,6,9H2,1-5H3/b34-31+. The lowest BCUT2D eigenvalue weighted by atomic mass is 9.81. The third-order valence-corrected chi connectivity index (χ3v) is 7.97. The zero-order chi connectivity index (χ0) is 26.2. The molecule has 1 aliphatic carbocycles. The molecule has 0 saturated heterocycles. The van der Waals surface area contributed by atoms with Gasteiger partial charge in [-0.05, 0) is 83.6 Å². The highest BCUT2D eigenvalue weighted by Gasteiger charge is 2.36. The van der Waals surface area contributed by atoms with Crippen molar-refractivity contribution in [3.05, 3.63) is 95.6 Å². The minimum absolute atomic E-state index is 0.0513. The molecule has 0 aromatic heterocycles. The molecule has 0 saturated carbocycles. The van der Waals surface area contributed by atoms with Crippen LogP contribution in [0.3, 0.4) is 0 Å². The summed E-state index contributed by atoms with van der Waals surface area (Å²) >= 11 is 1.79. The Labute approximate surface area is 223 Å². The number of hydrogen-bond donors (Lipinski definition) is 0. The molecule has 188 valence electrons. The lowest BCUT2D eigenvalue weighted by Gasteiger charge is -2.22. The second kappa shape index (κ2) is 10.2. The molecule has 4 aromatic carbocycles. The Kier molecular flexibility index (Phi) is 6.96. The first-order chi connectivity index (χ1) is 17.8.